The van der Waals surface area contributed by atoms with Crippen LogP contribution < -0.4 is 10.0 Å². The number of carbonyl (C=O) groups excluding carboxylic acids is 1. The van der Waals surface area contributed by atoms with Crippen LogP contribution >= 0.6 is 0 Å². The number of nitrogens with two attached hydrogens (primary N) is 1. The summed E-state index contributed by atoms with van der Waals surface area (Å²) in [5, 5.41) is 0. The van der Waals surface area contributed by atoms with E-state index in [4.69, 9.17) is 10.5 Å². The molecule has 103 valence electrons. The van der Waals surface area contributed by atoms with Crippen molar-refractivity contribution in [3.63, 3.8) is 0 Å². The molecule has 1 unspecified atom stereocenters. The lowest BCUT2D eigenvalue weighted by atomic mass is 10.4. The van der Waals surface area contributed by atoms with Gasteiger partial charge in [0.2, 0.25) is 5.95 Å². The predicted molar refractivity (Wildman–Crippen MR) is 66.5 cm³/mol. The fourth-order valence-corrected chi connectivity index (χ4v) is 2.96. The van der Waals surface area contributed by atoms with Crippen molar-refractivity contribution in [1.82, 2.24) is 9.97 Å². The first-order valence-electron chi connectivity index (χ1n) is 5.43. The third-order valence-electron chi connectivity index (χ3n) is 2.45. The second-order valence-corrected chi connectivity index (χ2v) is 5.90. The average molecular weight is 285 g/mol. The fourth-order valence-electron chi connectivity index (χ4n) is 1.62. The van der Waals surface area contributed by atoms with Crippen molar-refractivity contribution < 1.29 is 17.9 Å². The van der Waals surface area contributed by atoms with E-state index in [0.29, 0.717) is 15.7 Å². The van der Waals surface area contributed by atoms with Gasteiger partial charge < -0.3 is 10.5 Å². The number of sulfonamides is 1. The molecule has 19 heavy (non-hydrogen) atoms. The standard InChI is InChI=1S/C10H13N4O4S/c1-6-5-7(2)13-10(12-6)14(9(11)15)19(16,17)8-3-4-18-8/h3,5,8H,4H2,1-2H3,(H2,11,15). The SMILES string of the molecule is Cc1cc(C)nc(N(C(N)=O)S(=O)(=O)C2[CH]CO2)n1. The first-order valence-corrected chi connectivity index (χ1v) is 6.93. The van der Waals surface area contributed by atoms with Crippen LogP contribution in [0.3, 0.4) is 0 Å². The van der Waals surface area contributed by atoms with E-state index >= 15 is 0 Å². The predicted octanol–water partition coefficient (Wildman–Crippen LogP) is -0.131. The summed E-state index contributed by atoms with van der Waals surface area (Å²) in [5.74, 6) is -0.270. The summed E-state index contributed by atoms with van der Waals surface area (Å²) in [6, 6.07) is 0.482. The van der Waals surface area contributed by atoms with Crippen molar-refractivity contribution in [3.05, 3.63) is 23.9 Å². The normalized spacial score (nSPS) is 18.7. The number of anilines is 1. The summed E-state index contributed by atoms with van der Waals surface area (Å²) in [4.78, 5) is 19.3. The summed E-state index contributed by atoms with van der Waals surface area (Å²) < 4.78 is 29.6. The minimum atomic E-state index is -4.09. The zero-order valence-electron chi connectivity index (χ0n) is 10.4. The Labute approximate surface area is 110 Å². The molecule has 1 saturated heterocycles. The molecule has 1 aromatic heterocycles. The minimum Gasteiger partial charge on any atom is -0.359 e. The van der Waals surface area contributed by atoms with Crippen molar-refractivity contribution in [1.29, 1.82) is 0 Å². The van der Waals surface area contributed by atoms with Crippen LogP contribution in [0.2, 0.25) is 0 Å². The molecule has 1 aromatic rings. The molecular formula is C10H13N4O4S. The maximum atomic E-state index is 12.2. The third-order valence-corrected chi connectivity index (χ3v) is 4.22. The highest BCUT2D eigenvalue weighted by atomic mass is 32.2. The zero-order chi connectivity index (χ0) is 14.2. The molecular weight excluding hydrogens is 272 g/mol. The van der Waals surface area contributed by atoms with Gasteiger partial charge in [-0.1, -0.05) is 0 Å². The Morgan fingerprint density at radius 2 is 1.95 bits per heavy atom. The summed E-state index contributed by atoms with van der Waals surface area (Å²) in [6.45, 7) is 3.54. The van der Waals surface area contributed by atoms with Crippen molar-refractivity contribution in [3.8, 4) is 0 Å². The van der Waals surface area contributed by atoms with Gasteiger partial charge in [0.05, 0.1) is 6.61 Å². The highest BCUT2D eigenvalue weighted by Gasteiger charge is 2.42. The van der Waals surface area contributed by atoms with Gasteiger partial charge in [0.25, 0.3) is 10.0 Å². The maximum absolute atomic E-state index is 12.2. The van der Waals surface area contributed by atoms with Crippen LogP contribution in [0.25, 0.3) is 0 Å². The van der Waals surface area contributed by atoms with Crippen LogP contribution in [0.4, 0.5) is 10.7 Å². The van der Waals surface area contributed by atoms with Crippen molar-refractivity contribution >= 4 is 22.0 Å². The van der Waals surface area contributed by atoms with Crippen LogP contribution in [-0.2, 0) is 14.8 Å². The topological polar surface area (TPSA) is 115 Å². The molecule has 8 nitrogen and oxygen atoms in total. The molecule has 1 aliphatic heterocycles. The molecule has 0 aliphatic carbocycles. The van der Waals surface area contributed by atoms with Gasteiger partial charge in [-0.3, -0.25) is 0 Å². The van der Waals surface area contributed by atoms with E-state index in [0.717, 1.165) is 0 Å². The number of urea groups is 1. The molecule has 1 fully saturated rings. The lowest BCUT2D eigenvalue weighted by molar-refractivity contribution is 0.0628. The number of hydrogen-bond acceptors (Lipinski definition) is 6. The Morgan fingerprint density at radius 1 is 1.42 bits per heavy atom. The Morgan fingerprint density at radius 3 is 2.32 bits per heavy atom. The average Bonchev–Trinajstić information content (AvgIpc) is 2.09. The van der Waals surface area contributed by atoms with Crippen molar-refractivity contribution in [2.45, 2.75) is 19.3 Å². The summed E-state index contributed by atoms with van der Waals surface area (Å²) in [5.41, 5.74) is 5.00. The molecule has 1 aliphatic rings. The number of aryl methyl sites for hydroxylation is 2. The second-order valence-electron chi connectivity index (χ2n) is 4.04. The van der Waals surface area contributed by atoms with Crippen LogP contribution in [0.5, 0.6) is 0 Å². The van der Waals surface area contributed by atoms with Crippen LogP contribution in [0.15, 0.2) is 6.07 Å². The first-order chi connectivity index (χ1) is 8.82. The van der Waals surface area contributed by atoms with Gasteiger partial charge in [-0.15, -0.1) is 0 Å². The molecule has 2 N–H and O–H groups in total. The lowest BCUT2D eigenvalue weighted by Crippen LogP contribution is -2.51. The molecule has 1 atom stereocenters. The first kappa shape index (κ1) is 13.7. The van der Waals surface area contributed by atoms with Crippen LogP contribution in [-0.4, -0.2) is 36.5 Å². The minimum absolute atomic E-state index is 0.213. The molecule has 0 bridgehead atoms. The molecule has 0 spiro atoms. The number of ether oxygens (including phenoxy) is 1. The molecule has 1 radical (unpaired) electrons. The van der Waals surface area contributed by atoms with Gasteiger partial charge in [-0.05, 0) is 19.9 Å². The number of hydrogen-bond donors (Lipinski definition) is 1. The number of rotatable bonds is 3. The largest absolute Gasteiger partial charge is 0.359 e. The van der Waals surface area contributed by atoms with E-state index < -0.39 is 21.5 Å². The van der Waals surface area contributed by atoms with Crippen molar-refractivity contribution in [2.75, 3.05) is 10.9 Å². The lowest BCUT2D eigenvalue weighted by Gasteiger charge is -2.29. The highest BCUT2D eigenvalue weighted by molar-refractivity contribution is 7.94. The number of primary amides is 1. The van der Waals surface area contributed by atoms with Gasteiger partial charge in [-0.25, -0.2) is 23.2 Å². The van der Waals surface area contributed by atoms with Gasteiger partial charge in [-0.2, -0.15) is 4.31 Å². The second kappa shape index (κ2) is 4.74. The van der Waals surface area contributed by atoms with E-state index in [-0.39, 0.29) is 12.6 Å². The maximum Gasteiger partial charge on any atom is 0.335 e. The number of amides is 2. The Balaban J connectivity index is 2.48. The van der Waals surface area contributed by atoms with E-state index in [1.165, 1.54) is 6.42 Å². The summed E-state index contributed by atoms with van der Waals surface area (Å²) >= 11 is 0. The monoisotopic (exact) mass is 285 g/mol. The highest BCUT2D eigenvalue weighted by Crippen LogP contribution is 2.24. The Bertz CT molecular complexity index is 592. The van der Waals surface area contributed by atoms with Gasteiger partial charge >= 0.3 is 6.03 Å². The zero-order valence-corrected chi connectivity index (χ0v) is 11.2. The van der Waals surface area contributed by atoms with E-state index in [2.05, 4.69) is 9.97 Å². The van der Waals surface area contributed by atoms with Crippen LogP contribution in [0, 0.1) is 20.3 Å². The third kappa shape index (κ3) is 2.51. The fraction of sp³-hybridized carbons (Fsp3) is 0.400. The molecule has 0 aromatic carbocycles. The van der Waals surface area contributed by atoms with Crippen LogP contribution in [0.1, 0.15) is 11.4 Å². The number of nitrogens with zero attached hydrogens (tertiary/aromatic N) is 3. The summed E-state index contributed by atoms with van der Waals surface area (Å²) in [6.07, 6.45) is 1.41. The molecule has 9 heteroatoms. The van der Waals surface area contributed by atoms with Gasteiger partial charge in [0, 0.05) is 17.8 Å². The molecule has 2 amide bonds. The quantitative estimate of drug-likeness (QED) is 0.827. The van der Waals surface area contributed by atoms with Crippen molar-refractivity contribution in [2.24, 2.45) is 5.73 Å². The Hall–Kier alpha value is -1.74. The molecule has 0 saturated carbocycles. The van der Waals surface area contributed by atoms with E-state index in [1.807, 2.05) is 0 Å². The number of carbonyl (C=O) groups is 1. The molecule has 2 rings (SSSR count). The van der Waals surface area contributed by atoms with E-state index in [9.17, 15) is 13.2 Å². The smallest absolute Gasteiger partial charge is 0.335 e. The van der Waals surface area contributed by atoms with Gasteiger partial charge in [0.15, 0.2) is 5.44 Å². The molecule has 2 heterocycles. The summed E-state index contributed by atoms with van der Waals surface area (Å²) in [7, 11) is -4.09. The van der Waals surface area contributed by atoms with Gasteiger partial charge in [0.1, 0.15) is 0 Å². The Kier molecular flexibility index (Phi) is 3.42. The number of aromatic nitrogens is 2. The van der Waals surface area contributed by atoms with E-state index in [1.54, 1.807) is 19.9 Å².